The number of rotatable bonds is 7. The summed E-state index contributed by atoms with van der Waals surface area (Å²) in [5.41, 5.74) is 0. The third-order valence-corrected chi connectivity index (χ3v) is 4.39. The Bertz CT molecular complexity index is 768. The zero-order chi connectivity index (χ0) is 16.1. The van der Waals surface area contributed by atoms with E-state index in [4.69, 9.17) is 8.94 Å². The van der Waals surface area contributed by atoms with E-state index in [-0.39, 0.29) is 18.2 Å². The van der Waals surface area contributed by atoms with Crippen LogP contribution < -0.4 is 5.32 Å². The summed E-state index contributed by atoms with van der Waals surface area (Å²) in [5.74, 6) is 1.45. The summed E-state index contributed by atoms with van der Waals surface area (Å²) in [4.78, 5) is 17.2. The van der Waals surface area contributed by atoms with E-state index in [1.807, 2.05) is 17.5 Å². The number of thioether (sulfide) groups is 1. The molecule has 3 aromatic rings. The molecule has 120 valence electrons. The third kappa shape index (κ3) is 4.63. The number of aryl methyl sites for hydroxylation is 1. The number of aromatic nitrogens is 4. The lowest BCUT2D eigenvalue weighted by molar-refractivity contribution is -0.118. The van der Waals surface area contributed by atoms with E-state index in [2.05, 4.69) is 25.7 Å². The number of amides is 1. The van der Waals surface area contributed by atoms with Gasteiger partial charge in [-0.2, -0.15) is 4.98 Å². The Kier molecular flexibility index (Phi) is 5.03. The Morgan fingerprint density at radius 1 is 1.43 bits per heavy atom. The summed E-state index contributed by atoms with van der Waals surface area (Å²) < 4.78 is 10.3. The van der Waals surface area contributed by atoms with E-state index in [9.17, 15) is 4.79 Å². The summed E-state index contributed by atoms with van der Waals surface area (Å²) in [6.07, 6.45) is 0.626. The van der Waals surface area contributed by atoms with Crippen molar-refractivity contribution >= 4 is 29.0 Å². The minimum absolute atomic E-state index is 0.177. The van der Waals surface area contributed by atoms with Crippen LogP contribution in [0.2, 0.25) is 0 Å². The number of nitrogens with one attached hydrogen (secondary N) is 1. The fraction of sp³-hybridized carbons (Fsp3) is 0.308. The van der Waals surface area contributed by atoms with Crippen molar-refractivity contribution in [2.45, 2.75) is 25.1 Å². The predicted octanol–water partition coefficient (Wildman–Crippen LogP) is 1.82. The molecule has 0 fully saturated rings. The Morgan fingerprint density at radius 2 is 2.35 bits per heavy atom. The van der Waals surface area contributed by atoms with Gasteiger partial charge in [0.2, 0.25) is 17.7 Å². The van der Waals surface area contributed by atoms with Crippen LogP contribution in [0.5, 0.6) is 0 Å². The van der Waals surface area contributed by atoms with Gasteiger partial charge in [-0.1, -0.05) is 23.0 Å². The number of thiophene rings is 1. The van der Waals surface area contributed by atoms with Crippen molar-refractivity contribution in [1.82, 2.24) is 25.7 Å². The van der Waals surface area contributed by atoms with Crippen LogP contribution in [0.4, 0.5) is 0 Å². The van der Waals surface area contributed by atoms with E-state index >= 15 is 0 Å². The van der Waals surface area contributed by atoms with Crippen molar-refractivity contribution in [2.24, 2.45) is 0 Å². The molecule has 3 heterocycles. The molecule has 23 heavy (non-hydrogen) atoms. The molecule has 0 aliphatic rings. The quantitative estimate of drug-likeness (QED) is 0.642. The van der Waals surface area contributed by atoms with Gasteiger partial charge < -0.3 is 14.3 Å². The van der Waals surface area contributed by atoms with Crippen molar-refractivity contribution in [3.05, 3.63) is 40.0 Å². The maximum atomic E-state index is 11.7. The van der Waals surface area contributed by atoms with Gasteiger partial charge in [-0.3, -0.25) is 4.79 Å². The first kappa shape index (κ1) is 15.7. The molecule has 0 aromatic carbocycles. The zero-order valence-electron chi connectivity index (χ0n) is 12.2. The summed E-state index contributed by atoms with van der Waals surface area (Å²) in [6, 6.07) is 3.99. The van der Waals surface area contributed by atoms with Crippen molar-refractivity contribution < 1.29 is 13.7 Å². The normalized spacial score (nSPS) is 10.8. The molecule has 0 atom stereocenters. The van der Waals surface area contributed by atoms with Crippen molar-refractivity contribution in [3.8, 4) is 0 Å². The van der Waals surface area contributed by atoms with Crippen molar-refractivity contribution in [3.63, 3.8) is 0 Å². The highest BCUT2D eigenvalue weighted by atomic mass is 32.2. The molecule has 0 aliphatic carbocycles. The molecule has 1 N–H and O–H groups in total. The lowest BCUT2D eigenvalue weighted by atomic mass is 10.3. The van der Waals surface area contributed by atoms with Crippen LogP contribution in [0.3, 0.4) is 0 Å². The number of hydrogen-bond donors (Lipinski definition) is 1. The van der Waals surface area contributed by atoms with Gasteiger partial charge in [0, 0.05) is 18.2 Å². The largest absolute Gasteiger partial charge is 0.416 e. The smallest absolute Gasteiger partial charge is 0.277 e. The van der Waals surface area contributed by atoms with Gasteiger partial charge in [0.25, 0.3) is 5.22 Å². The molecule has 8 nitrogen and oxygen atoms in total. The molecule has 10 heteroatoms. The minimum Gasteiger partial charge on any atom is -0.416 e. The Balaban J connectivity index is 1.43. The molecule has 0 spiro atoms. The minimum atomic E-state index is -0.177. The zero-order valence-corrected chi connectivity index (χ0v) is 13.8. The summed E-state index contributed by atoms with van der Waals surface area (Å²) >= 11 is 2.81. The molecular weight excluding hydrogens is 338 g/mol. The van der Waals surface area contributed by atoms with E-state index in [1.165, 1.54) is 11.8 Å². The fourth-order valence-corrected chi connectivity index (χ4v) is 3.03. The van der Waals surface area contributed by atoms with E-state index < -0.39 is 0 Å². The summed E-state index contributed by atoms with van der Waals surface area (Å²) in [5, 5.41) is 16.5. The van der Waals surface area contributed by atoms with Gasteiger partial charge in [0.1, 0.15) is 0 Å². The maximum absolute atomic E-state index is 11.7. The Morgan fingerprint density at radius 3 is 3.09 bits per heavy atom. The Labute approximate surface area is 139 Å². The highest BCUT2D eigenvalue weighted by Crippen LogP contribution is 2.15. The first-order chi connectivity index (χ1) is 11.2. The van der Waals surface area contributed by atoms with Gasteiger partial charge in [-0.25, -0.2) is 0 Å². The van der Waals surface area contributed by atoms with E-state index in [1.54, 1.807) is 18.3 Å². The standard InChI is InChI=1S/C13H13N5O3S2/c1-8-16-17-13(20-8)23-7-11(19)14-6-12-15-10(18-21-12)5-9-3-2-4-22-9/h2-4H,5-7H2,1H3,(H,14,19). The number of hydrogen-bond acceptors (Lipinski definition) is 9. The van der Waals surface area contributed by atoms with Crippen LogP contribution >= 0.6 is 23.1 Å². The van der Waals surface area contributed by atoms with Gasteiger partial charge in [0.15, 0.2) is 5.82 Å². The number of nitrogens with zero attached hydrogens (tertiary/aromatic N) is 4. The fourth-order valence-electron chi connectivity index (χ4n) is 1.69. The lowest BCUT2D eigenvalue weighted by Gasteiger charge is -1.99. The predicted molar refractivity (Wildman–Crippen MR) is 83.0 cm³/mol. The number of carbonyl (C=O) groups excluding carboxylic acids is 1. The highest BCUT2D eigenvalue weighted by Gasteiger charge is 2.11. The second kappa shape index (κ2) is 7.38. The van der Waals surface area contributed by atoms with Crippen molar-refractivity contribution in [1.29, 1.82) is 0 Å². The second-order valence-electron chi connectivity index (χ2n) is 4.51. The third-order valence-electron chi connectivity index (χ3n) is 2.69. The summed E-state index contributed by atoms with van der Waals surface area (Å²) in [6.45, 7) is 1.89. The van der Waals surface area contributed by atoms with E-state index in [0.717, 1.165) is 4.88 Å². The van der Waals surface area contributed by atoms with Gasteiger partial charge in [-0.15, -0.1) is 21.5 Å². The van der Waals surface area contributed by atoms with Crippen LogP contribution in [-0.4, -0.2) is 32.0 Å². The molecule has 0 radical (unpaired) electrons. The average molecular weight is 351 g/mol. The van der Waals surface area contributed by atoms with Crippen molar-refractivity contribution in [2.75, 3.05) is 5.75 Å². The first-order valence-electron chi connectivity index (χ1n) is 6.72. The molecule has 3 aromatic heterocycles. The Hall–Kier alpha value is -2.20. The second-order valence-corrected chi connectivity index (χ2v) is 6.47. The van der Waals surface area contributed by atoms with Crippen LogP contribution in [0.1, 0.15) is 22.5 Å². The van der Waals surface area contributed by atoms with Crippen LogP contribution in [0.25, 0.3) is 0 Å². The molecule has 0 aliphatic heterocycles. The average Bonchev–Trinajstić information content (AvgIpc) is 3.26. The van der Waals surface area contributed by atoms with Crippen LogP contribution in [0, 0.1) is 6.92 Å². The summed E-state index contributed by atoms with van der Waals surface area (Å²) in [7, 11) is 0. The molecule has 0 saturated carbocycles. The topological polar surface area (TPSA) is 107 Å². The SMILES string of the molecule is Cc1nnc(SCC(=O)NCc2nc(Cc3cccs3)no2)o1. The maximum Gasteiger partial charge on any atom is 0.277 e. The monoisotopic (exact) mass is 351 g/mol. The highest BCUT2D eigenvalue weighted by molar-refractivity contribution is 7.99. The first-order valence-corrected chi connectivity index (χ1v) is 8.59. The lowest BCUT2D eigenvalue weighted by Crippen LogP contribution is -2.24. The molecule has 0 unspecified atom stereocenters. The van der Waals surface area contributed by atoms with Crippen LogP contribution in [-0.2, 0) is 17.8 Å². The molecule has 3 rings (SSSR count). The van der Waals surface area contributed by atoms with Gasteiger partial charge >= 0.3 is 0 Å². The van der Waals surface area contributed by atoms with Crippen LogP contribution in [0.15, 0.2) is 31.7 Å². The molecular formula is C13H13N5O3S2. The molecule has 1 amide bonds. The number of carbonyl (C=O) groups is 1. The van der Waals surface area contributed by atoms with E-state index in [0.29, 0.717) is 29.2 Å². The van der Waals surface area contributed by atoms with Gasteiger partial charge in [0.05, 0.1) is 12.3 Å². The molecule has 0 saturated heterocycles. The van der Waals surface area contributed by atoms with Gasteiger partial charge in [-0.05, 0) is 11.4 Å². The molecule has 0 bridgehead atoms.